The molecule has 4 nitrogen and oxygen atoms in total. The summed E-state index contributed by atoms with van der Waals surface area (Å²) < 4.78 is 12.9. The lowest BCUT2D eigenvalue weighted by Crippen LogP contribution is -2.42. The third-order valence-corrected chi connectivity index (χ3v) is 4.52. The van der Waals surface area contributed by atoms with Crippen LogP contribution in [0.15, 0.2) is 41.8 Å². The van der Waals surface area contributed by atoms with Gasteiger partial charge in [-0.05, 0) is 48.6 Å². The predicted molar refractivity (Wildman–Crippen MR) is 83.4 cm³/mol. The first-order valence-electron chi connectivity index (χ1n) is 7.06. The van der Waals surface area contributed by atoms with Gasteiger partial charge in [-0.1, -0.05) is 6.07 Å². The van der Waals surface area contributed by atoms with Crippen molar-refractivity contribution in [1.82, 2.24) is 4.90 Å². The summed E-state index contributed by atoms with van der Waals surface area (Å²) in [6.45, 7) is 0.582. The monoisotopic (exact) mass is 318 g/mol. The fraction of sp³-hybridized carbons (Fsp3) is 0.250. The minimum atomic E-state index is -0.473. The number of likely N-dealkylation sites (tertiary alicyclic amines) is 1. The van der Waals surface area contributed by atoms with Gasteiger partial charge in [0.25, 0.3) is 5.91 Å². The summed E-state index contributed by atoms with van der Waals surface area (Å²) in [5, 5.41) is 4.59. The zero-order chi connectivity index (χ0) is 15.5. The Balaban J connectivity index is 1.71. The van der Waals surface area contributed by atoms with Gasteiger partial charge in [-0.3, -0.25) is 9.59 Å². The van der Waals surface area contributed by atoms with E-state index in [1.807, 2.05) is 11.4 Å². The molecule has 0 aliphatic carbocycles. The van der Waals surface area contributed by atoms with E-state index in [9.17, 15) is 14.0 Å². The molecule has 1 unspecified atom stereocenters. The summed E-state index contributed by atoms with van der Waals surface area (Å²) in [6.07, 6.45) is 1.45. The molecule has 3 rings (SSSR count). The van der Waals surface area contributed by atoms with Crippen molar-refractivity contribution in [3.05, 3.63) is 52.5 Å². The zero-order valence-corrected chi connectivity index (χ0v) is 12.6. The highest BCUT2D eigenvalue weighted by atomic mass is 32.1. The Bertz CT molecular complexity index is 670. The summed E-state index contributed by atoms with van der Waals surface area (Å²) >= 11 is 1.37. The zero-order valence-electron chi connectivity index (χ0n) is 11.8. The molecule has 1 aromatic carbocycles. The van der Waals surface area contributed by atoms with Gasteiger partial charge >= 0.3 is 0 Å². The van der Waals surface area contributed by atoms with Crippen molar-refractivity contribution in [2.75, 3.05) is 11.9 Å². The van der Waals surface area contributed by atoms with E-state index >= 15 is 0 Å². The van der Waals surface area contributed by atoms with E-state index in [4.69, 9.17) is 0 Å². The molecule has 1 aliphatic heterocycles. The van der Waals surface area contributed by atoms with Crippen LogP contribution in [0.3, 0.4) is 0 Å². The topological polar surface area (TPSA) is 49.4 Å². The molecule has 6 heteroatoms. The molecule has 0 bridgehead atoms. The molecule has 1 saturated heterocycles. The standard InChI is InChI=1S/C16H15FN2O2S/c17-11-5-7-12(8-6-11)18-15(20)13-3-1-9-19(13)16(21)14-4-2-10-22-14/h2,4-8,10,13H,1,3,9H2,(H,18,20). The molecule has 2 aromatic rings. The number of anilines is 1. The van der Waals surface area contributed by atoms with Crippen LogP contribution in [0, 0.1) is 5.82 Å². The SMILES string of the molecule is O=C(Nc1ccc(F)cc1)C1CCCN1C(=O)c1cccs1. The van der Waals surface area contributed by atoms with Gasteiger partial charge in [-0.25, -0.2) is 4.39 Å². The van der Waals surface area contributed by atoms with E-state index in [-0.39, 0.29) is 17.6 Å². The minimum Gasteiger partial charge on any atom is -0.326 e. The molecule has 1 aliphatic rings. The summed E-state index contributed by atoms with van der Waals surface area (Å²) in [4.78, 5) is 27.1. The highest BCUT2D eigenvalue weighted by Gasteiger charge is 2.34. The normalized spacial score (nSPS) is 17.5. The first-order chi connectivity index (χ1) is 10.6. The number of nitrogens with one attached hydrogen (secondary N) is 1. The van der Waals surface area contributed by atoms with E-state index < -0.39 is 6.04 Å². The predicted octanol–water partition coefficient (Wildman–Crippen LogP) is 3.13. The summed E-state index contributed by atoms with van der Waals surface area (Å²) in [7, 11) is 0. The van der Waals surface area contributed by atoms with Crippen molar-refractivity contribution >= 4 is 28.8 Å². The smallest absolute Gasteiger partial charge is 0.264 e. The van der Waals surface area contributed by atoms with E-state index in [1.165, 1.54) is 35.6 Å². The third kappa shape index (κ3) is 3.01. The fourth-order valence-corrected chi connectivity index (χ4v) is 3.26. The first-order valence-corrected chi connectivity index (χ1v) is 7.94. The van der Waals surface area contributed by atoms with Gasteiger partial charge in [0.15, 0.2) is 0 Å². The van der Waals surface area contributed by atoms with Crippen LogP contribution < -0.4 is 5.32 Å². The minimum absolute atomic E-state index is 0.105. The van der Waals surface area contributed by atoms with Crippen LogP contribution in [0.5, 0.6) is 0 Å². The number of carbonyl (C=O) groups excluding carboxylic acids is 2. The molecule has 2 heterocycles. The number of hydrogen-bond donors (Lipinski definition) is 1. The second-order valence-corrected chi connectivity index (χ2v) is 6.08. The number of halogens is 1. The van der Waals surface area contributed by atoms with Crippen molar-refractivity contribution < 1.29 is 14.0 Å². The number of nitrogens with zero attached hydrogens (tertiary/aromatic N) is 1. The van der Waals surface area contributed by atoms with Gasteiger partial charge < -0.3 is 10.2 Å². The number of carbonyl (C=O) groups is 2. The molecule has 0 spiro atoms. The lowest BCUT2D eigenvalue weighted by molar-refractivity contribution is -0.119. The second kappa shape index (κ2) is 6.27. The van der Waals surface area contributed by atoms with Crippen molar-refractivity contribution in [1.29, 1.82) is 0 Å². The van der Waals surface area contributed by atoms with Gasteiger partial charge in [-0.2, -0.15) is 0 Å². The third-order valence-electron chi connectivity index (χ3n) is 3.66. The Morgan fingerprint density at radius 1 is 1.23 bits per heavy atom. The molecule has 22 heavy (non-hydrogen) atoms. The quantitative estimate of drug-likeness (QED) is 0.945. The first kappa shape index (κ1) is 14.7. The molecule has 1 fully saturated rings. The van der Waals surface area contributed by atoms with Crippen LogP contribution in [0.2, 0.25) is 0 Å². The molecular formula is C16H15FN2O2S. The highest BCUT2D eigenvalue weighted by Crippen LogP contribution is 2.23. The Morgan fingerprint density at radius 2 is 2.00 bits per heavy atom. The molecule has 1 atom stereocenters. The summed E-state index contributed by atoms with van der Waals surface area (Å²) in [5.41, 5.74) is 0.529. The van der Waals surface area contributed by atoms with E-state index in [1.54, 1.807) is 11.0 Å². The van der Waals surface area contributed by atoms with E-state index in [0.717, 1.165) is 6.42 Å². The molecule has 0 radical (unpaired) electrons. The molecule has 1 aromatic heterocycles. The molecule has 0 saturated carbocycles. The van der Waals surface area contributed by atoms with Crippen LogP contribution in [0.1, 0.15) is 22.5 Å². The Hall–Kier alpha value is -2.21. The molecular weight excluding hydrogens is 303 g/mol. The summed E-state index contributed by atoms with van der Waals surface area (Å²) in [5.74, 6) is -0.686. The maximum atomic E-state index is 12.9. The van der Waals surface area contributed by atoms with Gasteiger partial charge in [0, 0.05) is 12.2 Å². The fourth-order valence-electron chi connectivity index (χ4n) is 2.58. The van der Waals surface area contributed by atoms with Gasteiger partial charge in [0.2, 0.25) is 5.91 Å². The summed E-state index contributed by atoms with van der Waals surface area (Å²) in [6, 6.07) is 8.71. The Labute approximate surface area is 131 Å². The molecule has 2 amide bonds. The Kier molecular flexibility index (Phi) is 4.20. The lowest BCUT2D eigenvalue weighted by atomic mass is 10.2. The van der Waals surface area contributed by atoms with Crippen LogP contribution in [0.25, 0.3) is 0 Å². The van der Waals surface area contributed by atoms with E-state index in [2.05, 4.69) is 5.32 Å². The maximum Gasteiger partial charge on any atom is 0.264 e. The van der Waals surface area contributed by atoms with Crippen LogP contribution in [-0.2, 0) is 4.79 Å². The number of rotatable bonds is 3. The average molecular weight is 318 g/mol. The van der Waals surface area contributed by atoms with Crippen LogP contribution >= 0.6 is 11.3 Å². The van der Waals surface area contributed by atoms with Crippen molar-refractivity contribution in [3.63, 3.8) is 0 Å². The van der Waals surface area contributed by atoms with Crippen molar-refractivity contribution in [3.8, 4) is 0 Å². The highest BCUT2D eigenvalue weighted by molar-refractivity contribution is 7.12. The van der Waals surface area contributed by atoms with Crippen LogP contribution in [0.4, 0.5) is 10.1 Å². The molecule has 114 valence electrons. The van der Waals surface area contributed by atoms with Crippen LogP contribution in [-0.4, -0.2) is 29.3 Å². The number of benzene rings is 1. The largest absolute Gasteiger partial charge is 0.326 e. The number of amides is 2. The lowest BCUT2D eigenvalue weighted by Gasteiger charge is -2.23. The van der Waals surface area contributed by atoms with Gasteiger partial charge in [-0.15, -0.1) is 11.3 Å². The second-order valence-electron chi connectivity index (χ2n) is 5.13. The van der Waals surface area contributed by atoms with Gasteiger partial charge in [0.05, 0.1) is 4.88 Å². The van der Waals surface area contributed by atoms with Crippen molar-refractivity contribution in [2.24, 2.45) is 0 Å². The van der Waals surface area contributed by atoms with E-state index in [0.29, 0.717) is 23.5 Å². The number of thiophene rings is 1. The molecule has 1 N–H and O–H groups in total. The average Bonchev–Trinajstić information content (AvgIpc) is 3.20. The Morgan fingerprint density at radius 3 is 2.68 bits per heavy atom. The van der Waals surface area contributed by atoms with Gasteiger partial charge in [0.1, 0.15) is 11.9 Å². The van der Waals surface area contributed by atoms with Crippen molar-refractivity contribution in [2.45, 2.75) is 18.9 Å². The number of hydrogen-bond acceptors (Lipinski definition) is 3. The maximum absolute atomic E-state index is 12.9.